The van der Waals surface area contributed by atoms with Crippen LogP contribution in [-0.2, 0) is 0 Å². The molecule has 70 valence electrons. The van der Waals surface area contributed by atoms with E-state index in [0.717, 1.165) is 11.1 Å². The van der Waals surface area contributed by atoms with Gasteiger partial charge in [0.1, 0.15) is 4.98 Å². The van der Waals surface area contributed by atoms with Gasteiger partial charge in [0.2, 0.25) is 5.39 Å². The Morgan fingerprint density at radius 1 is 0.800 bits per heavy atom. The molecular formula is C13H9N2+. The number of benzene rings is 2. The summed E-state index contributed by atoms with van der Waals surface area (Å²) in [6, 6.07) is 15.9. The fourth-order valence-electron chi connectivity index (χ4n) is 2.25. The molecule has 1 aliphatic rings. The normalized spacial score (nSPS) is 13.0. The molecule has 0 aromatic heterocycles. The molecule has 0 unspecified atom stereocenters. The van der Waals surface area contributed by atoms with Gasteiger partial charge in [0.25, 0.3) is 0 Å². The minimum absolute atomic E-state index is 0.211. The van der Waals surface area contributed by atoms with Gasteiger partial charge in [-0.2, -0.15) is 0 Å². The van der Waals surface area contributed by atoms with Gasteiger partial charge in [-0.05, 0) is 23.3 Å². The molecule has 0 N–H and O–H groups in total. The van der Waals surface area contributed by atoms with Crippen LogP contribution >= 0.6 is 0 Å². The number of hydrogen-bond acceptors (Lipinski definition) is 1. The van der Waals surface area contributed by atoms with Crippen LogP contribution in [0.1, 0.15) is 17.2 Å². The summed E-state index contributed by atoms with van der Waals surface area (Å²) in [5.41, 5.74) is 4.52. The quantitative estimate of drug-likeness (QED) is 0.587. The second kappa shape index (κ2) is 2.93. The van der Waals surface area contributed by atoms with E-state index in [4.69, 9.17) is 5.39 Å². The van der Waals surface area contributed by atoms with E-state index in [-0.39, 0.29) is 6.04 Å². The molecule has 0 saturated heterocycles. The summed E-state index contributed by atoms with van der Waals surface area (Å²) >= 11 is 0. The Balaban J connectivity index is 2.37. The smallest absolute Gasteiger partial charge is 0.0616 e. The molecule has 1 aliphatic carbocycles. The van der Waals surface area contributed by atoms with Crippen molar-refractivity contribution in [2.45, 2.75) is 6.04 Å². The Morgan fingerprint density at radius 3 is 1.73 bits per heavy atom. The monoisotopic (exact) mass is 193 g/mol. The van der Waals surface area contributed by atoms with Crippen molar-refractivity contribution in [2.24, 2.45) is 0 Å². The minimum atomic E-state index is -0.211. The van der Waals surface area contributed by atoms with Crippen LogP contribution < -0.4 is 0 Å². The number of fused-ring (bicyclic) bond motifs is 3. The second-order valence-electron chi connectivity index (χ2n) is 3.69. The number of rotatable bonds is 0. The zero-order valence-electron chi connectivity index (χ0n) is 8.09. The Labute approximate surface area is 87.8 Å². The lowest BCUT2D eigenvalue weighted by molar-refractivity contribution is 1.02. The molecule has 0 heterocycles. The molecule has 0 fully saturated rings. The van der Waals surface area contributed by atoms with Crippen LogP contribution in [0.25, 0.3) is 16.1 Å². The molecule has 0 spiro atoms. The molecule has 3 rings (SSSR count). The van der Waals surface area contributed by atoms with Crippen LogP contribution in [0.2, 0.25) is 0 Å². The third-order valence-corrected chi connectivity index (χ3v) is 2.92. The second-order valence-corrected chi connectivity index (χ2v) is 3.69. The highest BCUT2D eigenvalue weighted by molar-refractivity contribution is 5.79. The summed E-state index contributed by atoms with van der Waals surface area (Å²) in [6.07, 6.45) is 0. The minimum Gasteiger partial charge on any atom is -0.0616 e. The molecule has 2 heteroatoms. The molecule has 0 saturated carbocycles. The first-order valence-electron chi connectivity index (χ1n) is 4.94. The average molecular weight is 193 g/mol. The molecule has 15 heavy (non-hydrogen) atoms. The molecule has 0 atom stereocenters. The topological polar surface area (TPSA) is 28.1 Å². The van der Waals surface area contributed by atoms with Gasteiger partial charge in [-0.25, -0.2) is 0 Å². The van der Waals surface area contributed by atoms with Crippen molar-refractivity contribution < 1.29 is 0 Å². The summed E-state index contributed by atoms with van der Waals surface area (Å²) in [5.74, 6) is 0. The van der Waals surface area contributed by atoms with E-state index >= 15 is 0 Å². The van der Waals surface area contributed by atoms with E-state index in [1.54, 1.807) is 0 Å². The predicted octanol–water partition coefficient (Wildman–Crippen LogP) is 3.61. The highest BCUT2D eigenvalue weighted by atomic mass is 14.9. The van der Waals surface area contributed by atoms with Gasteiger partial charge < -0.3 is 0 Å². The average Bonchev–Trinajstić information content (AvgIpc) is 2.63. The van der Waals surface area contributed by atoms with Gasteiger partial charge in [-0.1, -0.05) is 36.4 Å². The molecule has 2 aromatic carbocycles. The zero-order chi connectivity index (χ0) is 10.3. The Bertz CT molecular complexity index is 521. The first-order chi connectivity index (χ1) is 7.42. The fourth-order valence-corrected chi connectivity index (χ4v) is 2.25. The lowest BCUT2D eigenvalue weighted by Gasteiger charge is -1.96. The van der Waals surface area contributed by atoms with E-state index in [1.165, 1.54) is 11.1 Å². The van der Waals surface area contributed by atoms with Crippen LogP contribution in [0.3, 0.4) is 0 Å². The molecule has 0 radical (unpaired) electrons. The first-order valence-corrected chi connectivity index (χ1v) is 4.94. The summed E-state index contributed by atoms with van der Waals surface area (Å²) in [7, 11) is 0. The number of diazo groups is 1. The van der Waals surface area contributed by atoms with Gasteiger partial charge >= 0.3 is 6.04 Å². The van der Waals surface area contributed by atoms with Crippen molar-refractivity contribution >= 4 is 0 Å². The van der Waals surface area contributed by atoms with Crippen LogP contribution in [0.4, 0.5) is 0 Å². The van der Waals surface area contributed by atoms with Crippen molar-refractivity contribution in [3.63, 3.8) is 0 Å². The highest BCUT2D eigenvalue weighted by Gasteiger charge is 2.37. The van der Waals surface area contributed by atoms with Gasteiger partial charge in [0.15, 0.2) is 0 Å². The summed E-state index contributed by atoms with van der Waals surface area (Å²) < 4.78 is 0. The van der Waals surface area contributed by atoms with E-state index < -0.39 is 0 Å². The van der Waals surface area contributed by atoms with Crippen molar-refractivity contribution in [2.75, 3.05) is 0 Å². The Hall–Kier alpha value is -2.14. The lowest BCUT2D eigenvalue weighted by atomic mass is 10.1. The van der Waals surface area contributed by atoms with E-state index in [0.29, 0.717) is 0 Å². The third kappa shape index (κ3) is 1.01. The Kier molecular flexibility index (Phi) is 1.60. The summed E-state index contributed by atoms with van der Waals surface area (Å²) in [5, 5.41) is 9.08. The molecule has 0 bridgehead atoms. The predicted molar refractivity (Wildman–Crippen MR) is 58.8 cm³/mol. The third-order valence-electron chi connectivity index (χ3n) is 2.92. The molecule has 2 nitrogen and oxygen atoms in total. The van der Waals surface area contributed by atoms with Crippen molar-refractivity contribution in [3.05, 3.63) is 64.6 Å². The molecule has 0 amide bonds. The van der Waals surface area contributed by atoms with Crippen LogP contribution in [-0.4, -0.2) is 0 Å². The maximum Gasteiger partial charge on any atom is 0.365 e. The summed E-state index contributed by atoms with van der Waals surface area (Å²) in [6.45, 7) is 0. The molecule has 0 aliphatic heterocycles. The largest absolute Gasteiger partial charge is 0.365 e. The van der Waals surface area contributed by atoms with Crippen molar-refractivity contribution in [1.29, 1.82) is 5.39 Å². The van der Waals surface area contributed by atoms with Gasteiger partial charge in [0.05, 0.1) is 11.1 Å². The maximum atomic E-state index is 9.08. The van der Waals surface area contributed by atoms with Crippen LogP contribution in [0, 0.1) is 5.39 Å². The fraction of sp³-hybridized carbons (Fsp3) is 0.0769. The van der Waals surface area contributed by atoms with E-state index in [1.807, 2.05) is 36.4 Å². The molecule has 2 aromatic rings. The summed E-state index contributed by atoms with van der Waals surface area (Å²) in [4.78, 5) is 3.47. The van der Waals surface area contributed by atoms with Gasteiger partial charge in [-0.15, -0.1) is 0 Å². The van der Waals surface area contributed by atoms with Crippen molar-refractivity contribution in [1.82, 2.24) is 0 Å². The number of hydrogen-bond donors (Lipinski definition) is 0. The first kappa shape index (κ1) is 8.19. The van der Waals surface area contributed by atoms with Crippen molar-refractivity contribution in [3.8, 4) is 11.1 Å². The highest BCUT2D eigenvalue weighted by Crippen LogP contribution is 2.44. The SMILES string of the molecule is N#[N+]C1c2ccccc2-c2ccccc21. The number of nitrogens with zero attached hydrogens (tertiary/aromatic N) is 2. The van der Waals surface area contributed by atoms with Gasteiger partial charge in [0, 0.05) is 0 Å². The van der Waals surface area contributed by atoms with E-state index in [9.17, 15) is 0 Å². The van der Waals surface area contributed by atoms with E-state index in [2.05, 4.69) is 17.1 Å². The molecular weight excluding hydrogens is 184 g/mol. The van der Waals surface area contributed by atoms with Crippen LogP contribution in [0.5, 0.6) is 0 Å². The Morgan fingerprint density at radius 2 is 1.27 bits per heavy atom. The lowest BCUT2D eigenvalue weighted by Crippen LogP contribution is -1.88. The zero-order valence-corrected chi connectivity index (χ0v) is 8.09. The van der Waals surface area contributed by atoms with Gasteiger partial charge in [-0.3, -0.25) is 0 Å². The van der Waals surface area contributed by atoms with Crippen LogP contribution in [0.15, 0.2) is 48.5 Å². The standard InChI is InChI=1S/C13H9N2/c14-15-13-11-7-3-1-5-9(11)10-6-2-4-8-12(10)13/h1-8,13H/q+1. The maximum absolute atomic E-state index is 9.08.